The van der Waals surface area contributed by atoms with Crippen molar-refractivity contribution in [1.29, 1.82) is 0 Å². The van der Waals surface area contributed by atoms with Crippen LogP contribution in [-0.4, -0.2) is 13.0 Å². The second-order valence-electron chi connectivity index (χ2n) is 3.82. The Kier molecular flexibility index (Phi) is 4.40. The van der Waals surface area contributed by atoms with Gasteiger partial charge in [0, 0.05) is 20.8 Å². The number of rotatable bonds is 2. The minimum atomic E-state index is -0.00750. The average Bonchev–Trinajstić information content (AvgIpc) is 2.41. The van der Waals surface area contributed by atoms with Crippen LogP contribution in [0.15, 0.2) is 53.0 Å². The lowest BCUT2D eigenvalue weighted by atomic mass is 10.2. The molecule has 2 aromatic carbocycles. The summed E-state index contributed by atoms with van der Waals surface area (Å²) in [5.74, 6) is -0.00750. The van der Waals surface area contributed by atoms with Gasteiger partial charge in [0.25, 0.3) is 5.91 Å². The Bertz CT molecular complexity index is 571. The third-order valence-corrected chi connectivity index (χ3v) is 4.04. The number of nitrogens with zero attached hydrogens (tertiary/aromatic N) is 1. The molecule has 2 rings (SSSR count). The van der Waals surface area contributed by atoms with Gasteiger partial charge in [0.1, 0.15) is 0 Å². The third kappa shape index (κ3) is 2.92. The predicted molar refractivity (Wildman–Crippen MR) is 86.0 cm³/mol. The summed E-state index contributed by atoms with van der Waals surface area (Å²) in [6.45, 7) is 0. The maximum Gasteiger partial charge on any atom is 0.259 e. The van der Waals surface area contributed by atoms with Crippen LogP contribution in [0.5, 0.6) is 0 Å². The Hall–Kier alpha value is -0.880. The highest BCUT2D eigenvalue weighted by atomic mass is 127. The first-order valence-corrected chi connectivity index (χ1v) is 7.25. The molecule has 0 heterocycles. The van der Waals surface area contributed by atoms with Gasteiger partial charge in [-0.05, 0) is 52.9 Å². The Balaban J connectivity index is 2.34. The number of hydrogen-bond acceptors (Lipinski definition) is 1. The van der Waals surface area contributed by atoms with E-state index in [1.165, 1.54) is 0 Å². The first kappa shape index (κ1) is 13.5. The fraction of sp³-hybridized carbons (Fsp3) is 0.0714. The van der Waals surface area contributed by atoms with Crippen LogP contribution in [0, 0.1) is 3.57 Å². The van der Waals surface area contributed by atoms with Gasteiger partial charge >= 0.3 is 0 Å². The summed E-state index contributed by atoms with van der Waals surface area (Å²) in [6.07, 6.45) is 0. The standard InChI is InChI=1S/C14H11BrINO/c1-17(11-5-3-2-4-6-11)14(18)12-9-10(15)7-8-13(12)16/h2-9H,1H3. The van der Waals surface area contributed by atoms with Gasteiger partial charge in [-0.25, -0.2) is 0 Å². The average molecular weight is 416 g/mol. The minimum absolute atomic E-state index is 0.00750. The first-order chi connectivity index (χ1) is 8.59. The first-order valence-electron chi connectivity index (χ1n) is 5.38. The van der Waals surface area contributed by atoms with E-state index in [1.807, 2.05) is 48.5 Å². The van der Waals surface area contributed by atoms with E-state index in [-0.39, 0.29) is 5.91 Å². The predicted octanol–water partition coefficient (Wildman–Crippen LogP) is 4.33. The monoisotopic (exact) mass is 415 g/mol. The third-order valence-electron chi connectivity index (χ3n) is 2.61. The number of para-hydroxylation sites is 1. The van der Waals surface area contributed by atoms with Crippen LogP contribution in [-0.2, 0) is 0 Å². The Morgan fingerprint density at radius 2 is 1.83 bits per heavy atom. The Labute approximate surface area is 128 Å². The summed E-state index contributed by atoms with van der Waals surface area (Å²) in [7, 11) is 1.79. The second kappa shape index (κ2) is 5.84. The second-order valence-corrected chi connectivity index (χ2v) is 5.90. The summed E-state index contributed by atoms with van der Waals surface area (Å²) in [5, 5.41) is 0. The van der Waals surface area contributed by atoms with E-state index < -0.39 is 0 Å². The van der Waals surface area contributed by atoms with Crippen molar-refractivity contribution in [2.45, 2.75) is 0 Å². The highest BCUT2D eigenvalue weighted by Gasteiger charge is 2.16. The fourth-order valence-corrected chi connectivity index (χ4v) is 2.54. The summed E-state index contributed by atoms with van der Waals surface area (Å²) < 4.78 is 1.86. The number of carbonyl (C=O) groups is 1. The number of halogens is 2. The van der Waals surface area contributed by atoms with E-state index in [2.05, 4.69) is 38.5 Å². The molecule has 0 aromatic heterocycles. The molecule has 4 heteroatoms. The summed E-state index contributed by atoms with van der Waals surface area (Å²) in [6, 6.07) is 15.3. The summed E-state index contributed by atoms with van der Waals surface area (Å²) in [4.78, 5) is 14.1. The molecule has 0 atom stereocenters. The number of carbonyl (C=O) groups excluding carboxylic acids is 1. The van der Waals surface area contributed by atoms with Crippen LogP contribution in [0.3, 0.4) is 0 Å². The molecule has 0 unspecified atom stereocenters. The molecule has 18 heavy (non-hydrogen) atoms. The van der Waals surface area contributed by atoms with Crippen LogP contribution in [0.2, 0.25) is 0 Å². The lowest BCUT2D eigenvalue weighted by molar-refractivity contribution is 0.0992. The normalized spacial score (nSPS) is 10.2. The highest BCUT2D eigenvalue weighted by Crippen LogP contribution is 2.22. The zero-order valence-electron chi connectivity index (χ0n) is 9.73. The molecule has 0 aliphatic rings. The van der Waals surface area contributed by atoms with Gasteiger partial charge in [-0.15, -0.1) is 0 Å². The van der Waals surface area contributed by atoms with E-state index in [4.69, 9.17) is 0 Å². The lowest BCUT2D eigenvalue weighted by Gasteiger charge is -2.18. The van der Waals surface area contributed by atoms with Crippen LogP contribution < -0.4 is 4.90 Å². The molecule has 0 bridgehead atoms. The number of benzene rings is 2. The molecule has 0 fully saturated rings. The van der Waals surface area contributed by atoms with E-state index in [9.17, 15) is 4.79 Å². The van der Waals surface area contributed by atoms with Crippen molar-refractivity contribution in [3.63, 3.8) is 0 Å². The zero-order chi connectivity index (χ0) is 13.1. The Morgan fingerprint density at radius 1 is 1.17 bits per heavy atom. The van der Waals surface area contributed by atoms with E-state index >= 15 is 0 Å². The quantitative estimate of drug-likeness (QED) is 0.668. The van der Waals surface area contributed by atoms with Crippen LogP contribution in [0.1, 0.15) is 10.4 Å². The zero-order valence-corrected chi connectivity index (χ0v) is 13.5. The molecule has 1 amide bonds. The van der Waals surface area contributed by atoms with Crippen LogP contribution >= 0.6 is 38.5 Å². The molecule has 0 saturated heterocycles. The fourth-order valence-electron chi connectivity index (χ4n) is 1.61. The maximum atomic E-state index is 12.4. The number of hydrogen-bond donors (Lipinski definition) is 0. The van der Waals surface area contributed by atoms with Crippen molar-refractivity contribution >= 4 is 50.1 Å². The van der Waals surface area contributed by atoms with Crippen molar-refractivity contribution in [3.8, 4) is 0 Å². The van der Waals surface area contributed by atoms with Crippen molar-refractivity contribution in [2.75, 3.05) is 11.9 Å². The molecule has 0 N–H and O–H groups in total. The molecule has 92 valence electrons. The molecular formula is C14H11BrINO. The molecule has 0 radical (unpaired) electrons. The van der Waals surface area contributed by atoms with Crippen molar-refractivity contribution in [2.24, 2.45) is 0 Å². The van der Waals surface area contributed by atoms with Crippen molar-refractivity contribution < 1.29 is 4.79 Å². The molecule has 0 aliphatic heterocycles. The maximum absolute atomic E-state index is 12.4. The molecular weight excluding hydrogens is 405 g/mol. The SMILES string of the molecule is CN(C(=O)c1cc(Br)ccc1I)c1ccccc1. The van der Waals surface area contributed by atoms with Gasteiger partial charge in [-0.2, -0.15) is 0 Å². The van der Waals surface area contributed by atoms with Crippen LogP contribution in [0.25, 0.3) is 0 Å². The number of amides is 1. The van der Waals surface area contributed by atoms with E-state index in [1.54, 1.807) is 11.9 Å². The van der Waals surface area contributed by atoms with Gasteiger partial charge in [0.05, 0.1) is 5.56 Å². The molecule has 0 spiro atoms. The lowest BCUT2D eigenvalue weighted by Crippen LogP contribution is -2.26. The van der Waals surface area contributed by atoms with Crippen LogP contribution in [0.4, 0.5) is 5.69 Å². The number of anilines is 1. The molecule has 2 aromatic rings. The summed E-state index contributed by atoms with van der Waals surface area (Å²) in [5.41, 5.74) is 1.59. The molecule has 0 saturated carbocycles. The highest BCUT2D eigenvalue weighted by molar-refractivity contribution is 14.1. The van der Waals surface area contributed by atoms with E-state index in [0.717, 1.165) is 13.7 Å². The summed E-state index contributed by atoms with van der Waals surface area (Å²) >= 11 is 5.57. The largest absolute Gasteiger partial charge is 0.311 e. The molecule has 0 aliphatic carbocycles. The Morgan fingerprint density at radius 3 is 2.50 bits per heavy atom. The van der Waals surface area contributed by atoms with Gasteiger partial charge in [0.2, 0.25) is 0 Å². The van der Waals surface area contributed by atoms with Gasteiger partial charge in [-0.3, -0.25) is 4.79 Å². The van der Waals surface area contributed by atoms with Gasteiger partial charge < -0.3 is 4.90 Å². The topological polar surface area (TPSA) is 20.3 Å². The minimum Gasteiger partial charge on any atom is -0.311 e. The van der Waals surface area contributed by atoms with Gasteiger partial charge in [-0.1, -0.05) is 34.1 Å². The molecule has 2 nitrogen and oxygen atoms in total. The van der Waals surface area contributed by atoms with E-state index in [0.29, 0.717) is 5.56 Å². The smallest absolute Gasteiger partial charge is 0.259 e. The van der Waals surface area contributed by atoms with Gasteiger partial charge in [0.15, 0.2) is 0 Å². The van der Waals surface area contributed by atoms with Crippen molar-refractivity contribution in [1.82, 2.24) is 0 Å². The van der Waals surface area contributed by atoms with Crippen molar-refractivity contribution in [3.05, 3.63) is 62.1 Å².